The highest BCUT2D eigenvalue weighted by Gasteiger charge is 2.15. The molecule has 4 aromatic rings. The van der Waals surface area contributed by atoms with E-state index >= 15 is 0 Å². The number of thiophene rings is 1. The number of benzene rings is 2. The van der Waals surface area contributed by atoms with Crippen LogP contribution in [0, 0.1) is 0 Å². The van der Waals surface area contributed by atoms with Gasteiger partial charge in [-0.15, -0.1) is 11.3 Å². The van der Waals surface area contributed by atoms with Crippen LogP contribution < -0.4 is 5.56 Å². The van der Waals surface area contributed by atoms with E-state index in [9.17, 15) is 4.79 Å². The lowest BCUT2D eigenvalue weighted by atomic mass is 10.1. The molecule has 0 atom stereocenters. The van der Waals surface area contributed by atoms with Crippen molar-refractivity contribution in [1.82, 2.24) is 14.7 Å². The van der Waals surface area contributed by atoms with Gasteiger partial charge in [0.25, 0.3) is 5.56 Å². The fraction of sp³-hybridized carbons (Fsp3) is 0.217. The first kappa shape index (κ1) is 18.6. The molecule has 0 saturated heterocycles. The Kier molecular flexibility index (Phi) is 5.65. The average molecular weight is 390 g/mol. The maximum absolute atomic E-state index is 13.1. The molecule has 28 heavy (non-hydrogen) atoms. The monoisotopic (exact) mass is 389 g/mol. The van der Waals surface area contributed by atoms with Crippen molar-refractivity contribution in [3.05, 3.63) is 88.0 Å². The summed E-state index contributed by atoms with van der Waals surface area (Å²) in [6, 6.07) is 22.2. The van der Waals surface area contributed by atoms with Crippen LogP contribution in [-0.4, -0.2) is 21.2 Å². The molecule has 0 N–H and O–H groups in total. The molecule has 0 spiro atoms. The second-order valence-electron chi connectivity index (χ2n) is 6.86. The Labute approximate surface area is 168 Å². The van der Waals surface area contributed by atoms with E-state index in [0.717, 1.165) is 40.9 Å². The van der Waals surface area contributed by atoms with Gasteiger partial charge in [0.2, 0.25) is 0 Å². The van der Waals surface area contributed by atoms with Crippen LogP contribution in [0.25, 0.3) is 21.3 Å². The molecule has 0 fully saturated rings. The van der Waals surface area contributed by atoms with Crippen molar-refractivity contribution < 1.29 is 0 Å². The van der Waals surface area contributed by atoms with Gasteiger partial charge >= 0.3 is 0 Å². The molecule has 5 heteroatoms. The maximum atomic E-state index is 13.1. The molecular formula is C23H23N3OS. The highest BCUT2D eigenvalue weighted by atomic mass is 32.1. The molecular weight excluding hydrogens is 366 g/mol. The zero-order chi connectivity index (χ0) is 19.3. The van der Waals surface area contributed by atoms with Crippen molar-refractivity contribution in [2.45, 2.75) is 26.6 Å². The van der Waals surface area contributed by atoms with E-state index in [-0.39, 0.29) is 5.56 Å². The molecule has 0 radical (unpaired) electrons. The Balaban J connectivity index is 1.75. The van der Waals surface area contributed by atoms with Gasteiger partial charge in [-0.2, -0.15) is 5.10 Å². The fourth-order valence-electron chi connectivity index (χ4n) is 3.47. The predicted octanol–water partition coefficient (Wildman–Crippen LogP) is 4.99. The lowest BCUT2D eigenvalue weighted by molar-refractivity contribution is 0.195. The van der Waals surface area contributed by atoms with Gasteiger partial charge in [0, 0.05) is 11.9 Å². The summed E-state index contributed by atoms with van der Waals surface area (Å²) in [5, 5.41) is 8.45. The summed E-state index contributed by atoms with van der Waals surface area (Å²) in [5.74, 6) is 0. The quantitative estimate of drug-likeness (QED) is 0.447. The number of rotatable bonds is 7. The number of hydrogen-bond acceptors (Lipinski definition) is 4. The van der Waals surface area contributed by atoms with Gasteiger partial charge in [-0.25, -0.2) is 4.68 Å². The Hall–Kier alpha value is -2.76. The largest absolute Gasteiger partial charge is 0.280 e. The molecule has 2 aromatic carbocycles. The van der Waals surface area contributed by atoms with Gasteiger partial charge < -0.3 is 0 Å². The van der Waals surface area contributed by atoms with Crippen LogP contribution >= 0.6 is 11.3 Å². The fourth-order valence-corrected chi connectivity index (χ4v) is 4.20. The highest BCUT2D eigenvalue weighted by molar-refractivity contribution is 7.13. The van der Waals surface area contributed by atoms with E-state index < -0.39 is 0 Å². The number of aromatic nitrogens is 2. The number of nitrogens with zero attached hydrogens (tertiary/aromatic N) is 3. The zero-order valence-electron chi connectivity index (χ0n) is 15.9. The van der Waals surface area contributed by atoms with Crippen LogP contribution in [-0.2, 0) is 13.2 Å². The highest BCUT2D eigenvalue weighted by Crippen LogP contribution is 2.28. The minimum Gasteiger partial charge on any atom is -0.280 e. The summed E-state index contributed by atoms with van der Waals surface area (Å²) in [6.45, 7) is 4.34. The topological polar surface area (TPSA) is 38.1 Å². The van der Waals surface area contributed by atoms with Crippen LogP contribution in [0.5, 0.6) is 0 Å². The average Bonchev–Trinajstić information content (AvgIpc) is 3.26. The molecule has 4 nitrogen and oxygen atoms in total. The molecule has 142 valence electrons. The molecule has 0 aliphatic rings. The molecule has 0 saturated carbocycles. The van der Waals surface area contributed by atoms with Crippen molar-refractivity contribution in [2.24, 2.45) is 0 Å². The lowest BCUT2D eigenvalue weighted by Crippen LogP contribution is -2.34. The summed E-state index contributed by atoms with van der Waals surface area (Å²) in [7, 11) is 0. The molecule has 0 amide bonds. The number of fused-ring (bicyclic) bond motifs is 1. The third kappa shape index (κ3) is 3.91. The molecule has 0 aliphatic carbocycles. The smallest absolute Gasteiger partial charge is 0.275 e. The number of hydrogen-bond donors (Lipinski definition) is 0. The van der Waals surface area contributed by atoms with E-state index in [4.69, 9.17) is 5.10 Å². The molecule has 2 aromatic heterocycles. The van der Waals surface area contributed by atoms with Crippen LogP contribution in [0.15, 0.2) is 76.9 Å². The Morgan fingerprint density at radius 2 is 1.71 bits per heavy atom. The summed E-state index contributed by atoms with van der Waals surface area (Å²) < 4.78 is 1.62. The van der Waals surface area contributed by atoms with E-state index in [1.54, 1.807) is 16.0 Å². The Morgan fingerprint density at radius 1 is 0.964 bits per heavy atom. The first-order valence-electron chi connectivity index (χ1n) is 9.56. The SMILES string of the molecule is CCCN(Cc1ccccc1)Cn1nc(-c2cccs2)c2ccccc2c1=O. The van der Waals surface area contributed by atoms with Crippen molar-refractivity contribution in [3.63, 3.8) is 0 Å². The minimum absolute atomic E-state index is 0.0370. The second-order valence-corrected chi connectivity index (χ2v) is 7.80. The lowest BCUT2D eigenvalue weighted by Gasteiger charge is -2.23. The Morgan fingerprint density at radius 3 is 2.43 bits per heavy atom. The van der Waals surface area contributed by atoms with Crippen molar-refractivity contribution in [3.8, 4) is 10.6 Å². The van der Waals surface area contributed by atoms with Crippen molar-refractivity contribution in [2.75, 3.05) is 6.54 Å². The predicted molar refractivity (Wildman–Crippen MR) is 116 cm³/mol. The minimum atomic E-state index is -0.0370. The van der Waals surface area contributed by atoms with Gasteiger partial charge in [-0.05, 0) is 36.0 Å². The standard InChI is InChI=1S/C23H23N3OS/c1-2-14-25(16-18-9-4-3-5-10-18)17-26-23(27)20-12-7-6-11-19(20)22(24-26)21-13-8-15-28-21/h3-13,15H,2,14,16-17H2,1H3. The van der Waals surface area contributed by atoms with E-state index in [2.05, 4.69) is 42.2 Å². The summed E-state index contributed by atoms with van der Waals surface area (Å²) in [6.07, 6.45) is 1.02. The molecule has 0 unspecified atom stereocenters. The van der Waals surface area contributed by atoms with E-state index in [0.29, 0.717) is 6.67 Å². The van der Waals surface area contributed by atoms with Crippen LogP contribution in [0.4, 0.5) is 0 Å². The summed E-state index contributed by atoms with van der Waals surface area (Å²) in [5.41, 5.74) is 2.08. The molecule has 2 heterocycles. The van der Waals surface area contributed by atoms with Gasteiger partial charge in [0.15, 0.2) is 0 Å². The summed E-state index contributed by atoms with van der Waals surface area (Å²) >= 11 is 1.65. The normalized spacial score (nSPS) is 11.4. The van der Waals surface area contributed by atoms with Gasteiger partial charge in [-0.3, -0.25) is 9.69 Å². The second kappa shape index (κ2) is 8.50. The molecule has 0 bridgehead atoms. The van der Waals surface area contributed by atoms with Crippen LogP contribution in [0.1, 0.15) is 18.9 Å². The molecule has 0 aliphatic heterocycles. The zero-order valence-corrected chi connectivity index (χ0v) is 16.7. The van der Waals surface area contributed by atoms with E-state index in [1.807, 2.05) is 41.8 Å². The maximum Gasteiger partial charge on any atom is 0.275 e. The van der Waals surface area contributed by atoms with Crippen molar-refractivity contribution in [1.29, 1.82) is 0 Å². The third-order valence-corrected chi connectivity index (χ3v) is 5.62. The van der Waals surface area contributed by atoms with Crippen LogP contribution in [0.2, 0.25) is 0 Å². The first-order valence-corrected chi connectivity index (χ1v) is 10.4. The third-order valence-electron chi connectivity index (χ3n) is 4.75. The van der Waals surface area contributed by atoms with Gasteiger partial charge in [0.05, 0.1) is 16.9 Å². The summed E-state index contributed by atoms with van der Waals surface area (Å²) in [4.78, 5) is 16.5. The van der Waals surface area contributed by atoms with Gasteiger partial charge in [-0.1, -0.05) is 61.5 Å². The Bertz CT molecular complexity index is 1100. The first-order chi connectivity index (χ1) is 13.8. The van der Waals surface area contributed by atoms with Gasteiger partial charge in [0.1, 0.15) is 5.69 Å². The molecule has 4 rings (SSSR count). The van der Waals surface area contributed by atoms with E-state index in [1.165, 1.54) is 5.56 Å². The van der Waals surface area contributed by atoms with Crippen LogP contribution in [0.3, 0.4) is 0 Å². The van der Waals surface area contributed by atoms with Crippen molar-refractivity contribution >= 4 is 22.1 Å².